The third kappa shape index (κ3) is 2.61. The number of aryl methyl sites for hydroxylation is 2. The molecule has 0 N–H and O–H groups in total. The highest BCUT2D eigenvalue weighted by Gasteiger charge is 2.37. The van der Waals surface area contributed by atoms with Crippen LogP contribution in [-0.2, 0) is 29.3 Å². The largest absolute Gasteiger partial charge is 0.495 e. The summed E-state index contributed by atoms with van der Waals surface area (Å²) in [4.78, 5) is 0.291. The zero-order valence-corrected chi connectivity index (χ0v) is 15.5. The van der Waals surface area contributed by atoms with Gasteiger partial charge in [-0.2, -0.15) is 0 Å². The van der Waals surface area contributed by atoms with Crippen molar-refractivity contribution >= 4 is 15.7 Å². The van der Waals surface area contributed by atoms with Crippen LogP contribution in [0.25, 0.3) is 0 Å². The quantitative estimate of drug-likeness (QED) is 0.841. The molecule has 1 aliphatic carbocycles. The number of hydrogen-bond donors (Lipinski definition) is 0. The van der Waals surface area contributed by atoms with Crippen LogP contribution in [-0.4, -0.2) is 21.6 Å². The minimum atomic E-state index is -3.67. The van der Waals surface area contributed by atoms with Gasteiger partial charge in [-0.25, -0.2) is 8.42 Å². The first-order valence-electron chi connectivity index (χ1n) is 8.84. The van der Waals surface area contributed by atoms with Gasteiger partial charge in [0.1, 0.15) is 10.6 Å². The molecule has 0 amide bonds. The molecule has 0 saturated heterocycles. The van der Waals surface area contributed by atoms with Crippen molar-refractivity contribution < 1.29 is 13.2 Å². The molecule has 0 unspecified atom stereocenters. The summed E-state index contributed by atoms with van der Waals surface area (Å²) in [5.74, 6) is 0.456. The molecule has 0 radical (unpaired) electrons. The van der Waals surface area contributed by atoms with Gasteiger partial charge in [0, 0.05) is 6.04 Å². The highest BCUT2D eigenvalue weighted by atomic mass is 32.2. The Morgan fingerprint density at radius 3 is 2.44 bits per heavy atom. The number of anilines is 1. The van der Waals surface area contributed by atoms with Gasteiger partial charge in [-0.3, -0.25) is 4.31 Å². The van der Waals surface area contributed by atoms with Crippen molar-refractivity contribution in [3.05, 3.63) is 53.1 Å². The Balaban J connectivity index is 1.86. The number of sulfonamides is 1. The van der Waals surface area contributed by atoms with E-state index in [-0.39, 0.29) is 6.04 Å². The lowest BCUT2D eigenvalue weighted by Gasteiger charge is -2.27. The number of rotatable bonds is 3. The number of benzene rings is 2. The van der Waals surface area contributed by atoms with E-state index in [0.717, 1.165) is 48.9 Å². The van der Waals surface area contributed by atoms with Gasteiger partial charge in [-0.15, -0.1) is 0 Å². The molecule has 0 bridgehead atoms. The zero-order chi connectivity index (χ0) is 17.6. The van der Waals surface area contributed by atoms with Gasteiger partial charge in [-0.1, -0.05) is 18.2 Å². The first kappa shape index (κ1) is 16.5. The summed E-state index contributed by atoms with van der Waals surface area (Å²) < 4.78 is 34.1. The van der Waals surface area contributed by atoms with Crippen LogP contribution in [0.1, 0.15) is 36.5 Å². The van der Waals surface area contributed by atoms with Crippen LogP contribution in [0.5, 0.6) is 5.75 Å². The second kappa shape index (κ2) is 6.06. The maximum atomic E-state index is 13.5. The summed E-state index contributed by atoms with van der Waals surface area (Å²) in [5, 5.41) is 0. The van der Waals surface area contributed by atoms with Gasteiger partial charge < -0.3 is 4.74 Å². The first-order chi connectivity index (χ1) is 12.0. The van der Waals surface area contributed by atoms with Gasteiger partial charge in [0.2, 0.25) is 0 Å². The summed E-state index contributed by atoms with van der Waals surface area (Å²) in [7, 11) is -2.12. The fourth-order valence-electron chi connectivity index (χ4n) is 4.11. The van der Waals surface area contributed by atoms with E-state index in [1.807, 2.05) is 43.3 Å². The molecule has 4 rings (SSSR count). The molecule has 0 spiro atoms. The molecule has 0 fully saturated rings. The first-order valence-corrected chi connectivity index (χ1v) is 10.3. The molecule has 1 heterocycles. The van der Waals surface area contributed by atoms with Crippen molar-refractivity contribution in [1.29, 1.82) is 0 Å². The van der Waals surface area contributed by atoms with Crippen LogP contribution >= 0.6 is 0 Å². The fraction of sp³-hybridized carbons (Fsp3) is 0.400. The minimum absolute atomic E-state index is 0.0943. The highest BCUT2D eigenvalue weighted by Crippen LogP contribution is 2.40. The predicted molar refractivity (Wildman–Crippen MR) is 98.9 cm³/mol. The van der Waals surface area contributed by atoms with Crippen molar-refractivity contribution in [2.75, 3.05) is 11.4 Å². The number of ether oxygens (including phenoxy) is 1. The number of nitrogens with zero attached hydrogens (tertiary/aromatic N) is 1. The molecule has 2 aliphatic rings. The topological polar surface area (TPSA) is 46.6 Å². The molecule has 0 saturated carbocycles. The second-order valence-corrected chi connectivity index (χ2v) is 8.74. The van der Waals surface area contributed by atoms with Crippen LogP contribution in [0.2, 0.25) is 0 Å². The molecule has 2 aromatic carbocycles. The Morgan fingerprint density at radius 1 is 1.04 bits per heavy atom. The Morgan fingerprint density at radius 2 is 1.72 bits per heavy atom. The number of methoxy groups -OCH3 is 1. The Bertz CT molecular complexity index is 921. The van der Waals surface area contributed by atoms with Crippen molar-refractivity contribution in [2.45, 2.75) is 50.0 Å². The van der Waals surface area contributed by atoms with Gasteiger partial charge in [0.25, 0.3) is 10.0 Å². The monoisotopic (exact) mass is 357 g/mol. The van der Waals surface area contributed by atoms with Crippen molar-refractivity contribution in [1.82, 2.24) is 0 Å². The smallest absolute Gasteiger partial charge is 0.268 e. The molecule has 1 aliphatic heterocycles. The van der Waals surface area contributed by atoms with Crippen molar-refractivity contribution in [2.24, 2.45) is 0 Å². The predicted octanol–water partition coefficient (Wildman–Crippen LogP) is 3.71. The molecular weight excluding hydrogens is 334 g/mol. The van der Waals surface area contributed by atoms with E-state index in [2.05, 4.69) is 0 Å². The number of hydrogen-bond acceptors (Lipinski definition) is 3. The van der Waals surface area contributed by atoms with E-state index in [0.29, 0.717) is 10.6 Å². The summed E-state index contributed by atoms with van der Waals surface area (Å²) >= 11 is 0. The van der Waals surface area contributed by atoms with Gasteiger partial charge >= 0.3 is 0 Å². The number of fused-ring (bicyclic) bond motifs is 2. The molecule has 1 atom stereocenters. The SMILES string of the molecule is COc1cc2c(cc1S(=O)(=O)N1c3ccccc3C[C@H]1C)CCCC2. The summed E-state index contributed by atoms with van der Waals surface area (Å²) in [5.41, 5.74) is 4.23. The lowest BCUT2D eigenvalue weighted by Crippen LogP contribution is -2.36. The maximum absolute atomic E-state index is 13.5. The minimum Gasteiger partial charge on any atom is -0.495 e. The molecule has 0 aromatic heterocycles. The van der Waals surface area contributed by atoms with E-state index in [9.17, 15) is 8.42 Å². The van der Waals surface area contributed by atoms with Crippen LogP contribution in [0, 0.1) is 0 Å². The lowest BCUT2D eigenvalue weighted by atomic mass is 9.92. The van der Waals surface area contributed by atoms with E-state index in [1.54, 1.807) is 11.4 Å². The Hall–Kier alpha value is -2.01. The van der Waals surface area contributed by atoms with Gasteiger partial charge in [0.15, 0.2) is 0 Å². The summed E-state index contributed by atoms with van der Waals surface area (Å²) in [6.45, 7) is 1.96. The average molecular weight is 357 g/mol. The zero-order valence-electron chi connectivity index (χ0n) is 14.7. The van der Waals surface area contributed by atoms with E-state index in [1.165, 1.54) is 5.56 Å². The molecule has 25 heavy (non-hydrogen) atoms. The Kier molecular flexibility index (Phi) is 3.99. The maximum Gasteiger partial charge on any atom is 0.268 e. The van der Waals surface area contributed by atoms with Crippen LogP contribution in [0.3, 0.4) is 0 Å². The Labute approximate surface area is 149 Å². The van der Waals surface area contributed by atoms with Crippen LogP contribution in [0.4, 0.5) is 5.69 Å². The highest BCUT2D eigenvalue weighted by molar-refractivity contribution is 7.93. The van der Waals surface area contributed by atoms with Crippen LogP contribution in [0.15, 0.2) is 41.3 Å². The van der Waals surface area contributed by atoms with Crippen molar-refractivity contribution in [3.63, 3.8) is 0 Å². The molecule has 132 valence electrons. The normalized spacial score (nSPS) is 19.4. The second-order valence-electron chi connectivity index (χ2n) is 6.96. The average Bonchev–Trinajstić information content (AvgIpc) is 2.96. The number of para-hydroxylation sites is 1. The molecule has 5 heteroatoms. The third-order valence-electron chi connectivity index (χ3n) is 5.31. The van der Waals surface area contributed by atoms with E-state index >= 15 is 0 Å². The van der Waals surface area contributed by atoms with Gasteiger partial charge in [0.05, 0.1) is 12.8 Å². The van der Waals surface area contributed by atoms with Crippen molar-refractivity contribution in [3.8, 4) is 5.75 Å². The van der Waals surface area contributed by atoms with E-state index in [4.69, 9.17) is 4.74 Å². The molecule has 2 aromatic rings. The summed E-state index contributed by atoms with van der Waals surface area (Å²) in [6.07, 6.45) is 4.94. The lowest BCUT2D eigenvalue weighted by molar-refractivity contribution is 0.401. The van der Waals surface area contributed by atoms with Gasteiger partial charge in [-0.05, 0) is 73.9 Å². The fourth-order valence-corrected chi connectivity index (χ4v) is 6.00. The molecular formula is C20H23NO3S. The van der Waals surface area contributed by atoms with E-state index < -0.39 is 10.0 Å². The van der Waals surface area contributed by atoms with Crippen LogP contribution < -0.4 is 9.04 Å². The standard InChI is InChI=1S/C20H23NO3S/c1-14-11-17-9-5-6-10-18(17)21(14)25(22,23)20-13-16-8-4-3-7-15(16)12-19(20)24-2/h5-6,9-10,12-14H,3-4,7-8,11H2,1-2H3/t14-/m1/s1. The molecule has 4 nitrogen and oxygen atoms in total. The summed E-state index contributed by atoms with van der Waals surface area (Å²) in [6, 6.07) is 11.4. The third-order valence-corrected chi connectivity index (χ3v) is 7.26.